The van der Waals surface area contributed by atoms with Gasteiger partial charge in [-0.3, -0.25) is 14.5 Å². The fourth-order valence-electron chi connectivity index (χ4n) is 4.39. The molecule has 0 spiro atoms. The highest BCUT2D eigenvalue weighted by Gasteiger charge is 2.35. The number of hydrogen-bond acceptors (Lipinski definition) is 7. The molecule has 0 aliphatic carbocycles. The lowest BCUT2D eigenvalue weighted by atomic mass is 9.97. The number of unbranched alkanes of at least 4 members (excludes halogenated alkanes) is 1. The van der Waals surface area contributed by atoms with Crippen LogP contribution in [0.15, 0.2) is 9.42 Å². The Hall–Kier alpha value is -1.98. The molecule has 2 amide bonds. The zero-order valence-corrected chi connectivity index (χ0v) is 20.1. The van der Waals surface area contributed by atoms with Gasteiger partial charge in [0.05, 0.1) is 12.5 Å². The van der Waals surface area contributed by atoms with Crippen molar-refractivity contribution in [2.24, 2.45) is 5.92 Å². The normalized spacial score (nSPS) is 21.0. The molecule has 2 saturated heterocycles. The summed E-state index contributed by atoms with van der Waals surface area (Å²) in [5.74, 6) is 0.255. The Morgan fingerprint density at radius 3 is 2.50 bits per heavy atom. The summed E-state index contributed by atoms with van der Waals surface area (Å²) in [5, 5.41) is 6.74. The quantitative estimate of drug-likeness (QED) is 0.559. The molecule has 1 aromatic heterocycles. The Labute approximate surface area is 190 Å². The predicted molar refractivity (Wildman–Crippen MR) is 118 cm³/mol. The van der Waals surface area contributed by atoms with E-state index in [4.69, 9.17) is 4.52 Å². The van der Waals surface area contributed by atoms with Crippen molar-refractivity contribution in [2.45, 2.75) is 51.3 Å². The van der Waals surface area contributed by atoms with Crippen molar-refractivity contribution in [3.63, 3.8) is 0 Å². The maximum Gasteiger partial charge on any atom is 0.248 e. The van der Waals surface area contributed by atoms with E-state index in [1.165, 1.54) is 4.31 Å². The summed E-state index contributed by atoms with van der Waals surface area (Å²) in [7, 11) is -3.70. The second kappa shape index (κ2) is 10.8. The van der Waals surface area contributed by atoms with E-state index in [2.05, 4.69) is 17.4 Å². The summed E-state index contributed by atoms with van der Waals surface area (Å²) in [6, 6.07) is 0. The van der Waals surface area contributed by atoms with E-state index < -0.39 is 10.0 Å². The van der Waals surface area contributed by atoms with Crippen LogP contribution in [0, 0.1) is 19.8 Å². The number of aromatic nitrogens is 1. The number of nitrogens with one attached hydrogen (secondary N) is 1. The van der Waals surface area contributed by atoms with Gasteiger partial charge in [-0.15, -0.1) is 0 Å². The lowest BCUT2D eigenvalue weighted by molar-refractivity contribution is -0.135. The largest absolute Gasteiger partial charge is 0.360 e. The van der Waals surface area contributed by atoms with Crippen LogP contribution >= 0.6 is 0 Å². The Morgan fingerprint density at radius 2 is 1.88 bits per heavy atom. The molecule has 3 rings (SSSR count). The van der Waals surface area contributed by atoms with Gasteiger partial charge in [0.25, 0.3) is 0 Å². The van der Waals surface area contributed by atoms with Gasteiger partial charge in [-0.05, 0) is 39.7 Å². The summed E-state index contributed by atoms with van der Waals surface area (Å²) in [5.41, 5.74) is 0.347. The molecule has 0 saturated carbocycles. The zero-order chi connectivity index (χ0) is 23.3. The summed E-state index contributed by atoms with van der Waals surface area (Å²) < 4.78 is 32.3. The molecular formula is C21H35N5O5S. The molecule has 2 aliphatic rings. The van der Waals surface area contributed by atoms with Crippen LogP contribution in [0.1, 0.15) is 44.1 Å². The zero-order valence-electron chi connectivity index (χ0n) is 19.3. The molecule has 1 N–H and O–H groups in total. The second-order valence-electron chi connectivity index (χ2n) is 8.66. The second-order valence-corrected chi connectivity index (χ2v) is 10.5. The van der Waals surface area contributed by atoms with E-state index in [0.717, 1.165) is 32.2 Å². The van der Waals surface area contributed by atoms with Crippen molar-refractivity contribution < 1.29 is 22.5 Å². The van der Waals surface area contributed by atoms with Gasteiger partial charge in [-0.25, -0.2) is 8.42 Å². The first-order valence-corrected chi connectivity index (χ1v) is 12.9. The van der Waals surface area contributed by atoms with Gasteiger partial charge >= 0.3 is 0 Å². The van der Waals surface area contributed by atoms with E-state index in [9.17, 15) is 18.0 Å². The minimum absolute atomic E-state index is 0.0218. The monoisotopic (exact) mass is 469 g/mol. The minimum atomic E-state index is -3.70. The highest BCUT2D eigenvalue weighted by molar-refractivity contribution is 7.89. The van der Waals surface area contributed by atoms with Crippen LogP contribution in [0.4, 0.5) is 0 Å². The highest BCUT2D eigenvalue weighted by atomic mass is 32.2. The van der Waals surface area contributed by atoms with Crippen molar-refractivity contribution in [1.29, 1.82) is 0 Å². The summed E-state index contributed by atoms with van der Waals surface area (Å²) in [6.45, 7) is 8.79. The number of carbonyl (C=O) groups is 2. The van der Waals surface area contributed by atoms with Gasteiger partial charge in [-0.1, -0.05) is 18.5 Å². The predicted octanol–water partition coefficient (Wildman–Crippen LogP) is 0.753. The molecule has 2 aliphatic heterocycles. The smallest absolute Gasteiger partial charge is 0.248 e. The number of sulfonamides is 1. The molecular weight excluding hydrogens is 434 g/mol. The van der Waals surface area contributed by atoms with Gasteiger partial charge in [0.2, 0.25) is 21.8 Å². The standard InChI is InChI=1S/C21H35N5O5S/c1-4-5-8-22-21(28)18-7-6-9-24(14-18)15-19(27)25-10-12-26(13-11-25)32(29,30)20-16(2)23-31-17(20)3/h18H,4-15H2,1-3H3,(H,22,28). The molecule has 10 nitrogen and oxygen atoms in total. The van der Waals surface area contributed by atoms with Crippen LogP contribution in [-0.4, -0.2) is 91.9 Å². The number of carbonyl (C=O) groups excluding carboxylic acids is 2. The number of likely N-dealkylation sites (tertiary alicyclic amines) is 1. The fraction of sp³-hybridized carbons (Fsp3) is 0.762. The summed E-state index contributed by atoms with van der Waals surface area (Å²) in [4.78, 5) is 29.1. The third-order valence-electron chi connectivity index (χ3n) is 6.22. The fourth-order valence-corrected chi connectivity index (χ4v) is 6.10. The molecule has 0 aromatic carbocycles. The van der Waals surface area contributed by atoms with Gasteiger partial charge in [0.1, 0.15) is 10.6 Å². The number of rotatable bonds is 8. The molecule has 180 valence electrons. The maximum absolute atomic E-state index is 13.0. The number of piperidine rings is 1. The van der Waals surface area contributed by atoms with Gasteiger partial charge in [0.15, 0.2) is 5.76 Å². The van der Waals surface area contributed by atoms with E-state index in [0.29, 0.717) is 31.9 Å². The van der Waals surface area contributed by atoms with E-state index in [1.807, 2.05) is 4.90 Å². The van der Waals surface area contributed by atoms with Crippen molar-refractivity contribution in [1.82, 2.24) is 24.6 Å². The summed E-state index contributed by atoms with van der Waals surface area (Å²) >= 11 is 0. The Bertz CT molecular complexity index is 888. The molecule has 32 heavy (non-hydrogen) atoms. The van der Waals surface area contributed by atoms with Crippen LogP contribution in [0.25, 0.3) is 0 Å². The first-order valence-electron chi connectivity index (χ1n) is 11.4. The van der Waals surface area contributed by atoms with Gasteiger partial charge in [0, 0.05) is 39.3 Å². The third-order valence-corrected chi connectivity index (χ3v) is 8.37. The molecule has 11 heteroatoms. The van der Waals surface area contributed by atoms with Crippen LogP contribution in [0.2, 0.25) is 0 Å². The first-order chi connectivity index (χ1) is 15.2. The number of nitrogens with zero attached hydrogens (tertiary/aromatic N) is 4. The summed E-state index contributed by atoms with van der Waals surface area (Å²) in [6.07, 6.45) is 3.75. The highest BCUT2D eigenvalue weighted by Crippen LogP contribution is 2.24. The van der Waals surface area contributed by atoms with Crippen molar-refractivity contribution in [3.05, 3.63) is 11.5 Å². The van der Waals surface area contributed by atoms with Crippen molar-refractivity contribution >= 4 is 21.8 Å². The number of hydrogen-bond donors (Lipinski definition) is 1. The van der Waals surface area contributed by atoms with Crippen LogP contribution in [0.5, 0.6) is 0 Å². The van der Waals surface area contributed by atoms with Crippen LogP contribution in [0.3, 0.4) is 0 Å². The van der Waals surface area contributed by atoms with E-state index in [-0.39, 0.29) is 48.0 Å². The van der Waals surface area contributed by atoms with Gasteiger partial charge < -0.3 is 14.7 Å². The molecule has 3 heterocycles. The van der Waals surface area contributed by atoms with Crippen molar-refractivity contribution in [2.75, 3.05) is 52.4 Å². The Kier molecular flexibility index (Phi) is 8.29. The average Bonchev–Trinajstić information content (AvgIpc) is 3.12. The lowest BCUT2D eigenvalue weighted by Gasteiger charge is -2.36. The SMILES string of the molecule is CCCCNC(=O)C1CCCN(CC(=O)N2CCN(S(=O)(=O)c3c(C)noc3C)CC2)C1. The molecule has 1 unspecified atom stereocenters. The first kappa shape index (κ1) is 24.7. The number of amides is 2. The molecule has 1 aromatic rings. The van der Waals surface area contributed by atoms with Crippen LogP contribution < -0.4 is 5.32 Å². The molecule has 2 fully saturated rings. The van der Waals surface area contributed by atoms with E-state index in [1.54, 1.807) is 18.7 Å². The Balaban J connectivity index is 1.50. The number of aryl methyl sites for hydroxylation is 2. The maximum atomic E-state index is 13.0. The molecule has 0 radical (unpaired) electrons. The van der Waals surface area contributed by atoms with Gasteiger partial charge in [-0.2, -0.15) is 4.31 Å². The third kappa shape index (κ3) is 5.68. The van der Waals surface area contributed by atoms with Crippen LogP contribution in [-0.2, 0) is 19.6 Å². The number of piperazine rings is 1. The average molecular weight is 470 g/mol. The topological polar surface area (TPSA) is 116 Å². The van der Waals surface area contributed by atoms with Crippen molar-refractivity contribution in [3.8, 4) is 0 Å². The van der Waals surface area contributed by atoms with E-state index >= 15 is 0 Å². The molecule has 1 atom stereocenters. The molecule has 0 bridgehead atoms. The lowest BCUT2D eigenvalue weighted by Crippen LogP contribution is -2.53. The Morgan fingerprint density at radius 1 is 1.16 bits per heavy atom. The minimum Gasteiger partial charge on any atom is -0.360 e.